The van der Waals surface area contributed by atoms with Crippen molar-refractivity contribution in [2.24, 2.45) is 0 Å². The summed E-state index contributed by atoms with van der Waals surface area (Å²) in [6, 6.07) is 3.79. The van der Waals surface area contributed by atoms with Crippen LogP contribution in [0.1, 0.15) is 11.1 Å². The topological polar surface area (TPSA) is 83.9 Å². The first-order valence-electron chi connectivity index (χ1n) is 6.15. The van der Waals surface area contributed by atoms with Crippen molar-refractivity contribution in [1.29, 1.82) is 0 Å². The lowest BCUT2D eigenvalue weighted by Crippen LogP contribution is -2.34. The van der Waals surface area contributed by atoms with E-state index < -0.39 is 27.3 Å². The Hall–Kier alpha value is -1.81. The lowest BCUT2D eigenvalue weighted by atomic mass is 9.99. The molecule has 122 valence electrons. The number of aliphatic carboxylic acids is 1. The maximum Gasteiger partial charge on any atom is 0.534 e. The van der Waals surface area contributed by atoms with Crippen molar-refractivity contribution >= 4 is 16.1 Å². The predicted molar refractivity (Wildman–Crippen MR) is 68.7 cm³/mol. The van der Waals surface area contributed by atoms with E-state index in [1.54, 1.807) is 4.90 Å². The molecule has 1 aliphatic heterocycles. The largest absolute Gasteiger partial charge is 0.534 e. The zero-order valence-electron chi connectivity index (χ0n) is 11.1. The highest BCUT2D eigenvalue weighted by atomic mass is 32.2. The molecule has 0 fully saturated rings. The average molecular weight is 339 g/mol. The van der Waals surface area contributed by atoms with Crippen LogP contribution in [0.3, 0.4) is 0 Å². The van der Waals surface area contributed by atoms with Crippen LogP contribution in [0.4, 0.5) is 13.2 Å². The van der Waals surface area contributed by atoms with E-state index in [9.17, 15) is 26.4 Å². The minimum atomic E-state index is -5.69. The first kappa shape index (κ1) is 16.6. The Bertz CT molecular complexity index is 686. The Kier molecular flexibility index (Phi) is 4.34. The molecule has 0 aliphatic carbocycles. The van der Waals surface area contributed by atoms with Gasteiger partial charge in [0.15, 0.2) is 0 Å². The first-order valence-corrected chi connectivity index (χ1v) is 7.56. The molecule has 22 heavy (non-hydrogen) atoms. The van der Waals surface area contributed by atoms with E-state index in [1.807, 2.05) is 0 Å². The summed E-state index contributed by atoms with van der Waals surface area (Å²) >= 11 is 0. The zero-order chi connectivity index (χ0) is 16.5. The van der Waals surface area contributed by atoms with Gasteiger partial charge in [-0.2, -0.15) is 21.6 Å². The normalized spacial score (nSPS) is 16.1. The summed E-state index contributed by atoms with van der Waals surface area (Å²) in [7, 11) is -5.69. The third kappa shape index (κ3) is 3.69. The minimum absolute atomic E-state index is 0.139. The van der Waals surface area contributed by atoms with Crippen LogP contribution in [0.25, 0.3) is 0 Å². The molecule has 0 aromatic heterocycles. The third-order valence-electron chi connectivity index (χ3n) is 3.12. The first-order chi connectivity index (χ1) is 10.1. The molecular weight excluding hydrogens is 327 g/mol. The van der Waals surface area contributed by atoms with Gasteiger partial charge in [0.25, 0.3) is 0 Å². The lowest BCUT2D eigenvalue weighted by Gasteiger charge is -2.27. The molecule has 10 heteroatoms. The van der Waals surface area contributed by atoms with Crippen LogP contribution in [-0.2, 0) is 27.9 Å². The highest BCUT2D eigenvalue weighted by Crippen LogP contribution is 2.29. The number of carboxylic acids is 1. The van der Waals surface area contributed by atoms with E-state index in [0.29, 0.717) is 25.1 Å². The van der Waals surface area contributed by atoms with E-state index >= 15 is 0 Å². The summed E-state index contributed by atoms with van der Waals surface area (Å²) in [6.07, 6.45) is 0.395. The molecule has 1 aromatic carbocycles. The number of hydrogen-bond donors (Lipinski definition) is 1. The van der Waals surface area contributed by atoms with Crippen LogP contribution in [-0.4, -0.2) is 43.0 Å². The fraction of sp³-hybridized carbons (Fsp3) is 0.417. The molecule has 1 aliphatic rings. The molecule has 0 radical (unpaired) electrons. The average Bonchev–Trinajstić information content (AvgIpc) is 2.36. The van der Waals surface area contributed by atoms with Crippen molar-refractivity contribution in [3.8, 4) is 5.75 Å². The number of hydrogen-bond acceptors (Lipinski definition) is 5. The van der Waals surface area contributed by atoms with Crippen molar-refractivity contribution in [3.63, 3.8) is 0 Å². The van der Waals surface area contributed by atoms with Crippen LogP contribution in [0, 0.1) is 0 Å². The van der Waals surface area contributed by atoms with E-state index in [1.165, 1.54) is 12.1 Å². The molecule has 0 saturated carbocycles. The number of halogens is 3. The van der Waals surface area contributed by atoms with Gasteiger partial charge in [-0.3, -0.25) is 9.69 Å². The molecule has 0 bridgehead atoms. The van der Waals surface area contributed by atoms with E-state index in [-0.39, 0.29) is 6.54 Å². The van der Waals surface area contributed by atoms with Crippen molar-refractivity contribution in [1.82, 2.24) is 4.90 Å². The maximum atomic E-state index is 12.3. The van der Waals surface area contributed by atoms with Crippen LogP contribution >= 0.6 is 0 Å². The summed E-state index contributed by atoms with van der Waals surface area (Å²) in [5.41, 5.74) is -4.12. The second-order valence-electron chi connectivity index (χ2n) is 4.77. The van der Waals surface area contributed by atoms with Gasteiger partial charge in [-0.25, -0.2) is 0 Å². The molecule has 0 atom stereocenters. The summed E-state index contributed by atoms with van der Waals surface area (Å²) in [4.78, 5) is 12.3. The lowest BCUT2D eigenvalue weighted by molar-refractivity contribution is -0.138. The number of benzene rings is 1. The van der Waals surface area contributed by atoms with Crippen molar-refractivity contribution in [2.45, 2.75) is 18.5 Å². The van der Waals surface area contributed by atoms with Gasteiger partial charge >= 0.3 is 21.6 Å². The van der Waals surface area contributed by atoms with Gasteiger partial charge in [0.05, 0.1) is 6.54 Å². The highest BCUT2D eigenvalue weighted by molar-refractivity contribution is 7.88. The Labute approximate surface area is 124 Å². The summed E-state index contributed by atoms with van der Waals surface area (Å²) in [5, 5.41) is 8.73. The molecule has 1 heterocycles. The molecule has 0 spiro atoms. The van der Waals surface area contributed by atoms with Gasteiger partial charge in [-0.05, 0) is 29.7 Å². The van der Waals surface area contributed by atoms with E-state index in [2.05, 4.69) is 4.18 Å². The van der Waals surface area contributed by atoms with E-state index in [4.69, 9.17) is 5.11 Å². The minimum Gasteiger partial charge on any atom is -0.480 e. The quantitative estimate of drug-likeness (QED) is 0.659. The summed E-state index contributed by atoms with van der Waals surface area (Å²) in [6.45, 7) is 0.600. The van der Waals surface area contributed by atoms with Crippen molar-refractivity contribution in [3.05, 3.63) is 29.3 Å². The molecular formula is C12H12F3NO5S. The molecule has 6 nitrogen and oxygen atoms in total. The summed E-state index contributed by atoms with van der Waals surface area (Å²) in [5.74, 6) is -1.39. The Morgan fingerprint density at radius 1 is 1.32 bits per heavy atom. The Morgan fingerprint density at radius 3 is 2.59 bits per heavy atom. The number of fused-ring (bicyclic) bond motifs is 1. The number of nitrogens with zero attached hydrogens (tertiary/aromatic N) is 1. The fourth-order valence-corrected chi connectivity index (χ4v) is 2.59. The van der Waals surface area contributed by atoms with Gasteiger partial charge in [-0.1, -0.05) is 6.07 Å². The summed E-state index contributed by atoms with van der Waals surface area (Å²) < 4.78 is 62.7. The van der Waals surface area contributed by atoms with Crippen molar-refractivity contribution in [2.75, 3.05) is 13.1 Å². The number of rotatable bonds is 4. The molecule has 0 amide bonds. The SMILES string of the molecule is O=C(O)CN1CCc2cc(OS(=O)(=O)C(F)(F)F)ccc2C1. The van der Waals surface area contributed by atoms with Crippen LogP contribution < -0.4 is 4.18 Å². The van der Waals surface area contributed by atoms with Crippen LogP contribution in [0.2, 0.25) is 0 Å². The number of carbonyl (C=O) groups is 1. The Balaban J connectivity index is 2.16. The van der Waals surface area contributed by atoms with Crippen LogP contribution in [0.5, 0.6) is 5.75 Å². The molecule has 1 N–H and O–H groups in total. The maximum absolute atomic E-state index is 12.3. The Morgan fingerprint density at radius 2 is 2.00 bits per heavy atom. The van der Waals surface area contributed by atoms with Crippen molar-refractivity contribution < 1.29 is 35.7 Å². The highest BCUT2D eigenvalue weighted by Gasteiger charge is 2.48. The predicted octanol–water partition coefficient (Wildman–Crippen LogP) is 1.36. The zero-order valence-corrected chi connectivity index (χ0v) is 11.9. The van der Waals surface area contributed by atoms with Gasteiger partial charge in [0.1, 0.15) is 5.75 Å². The monoisotopic (exact) mass is 339 g/mol. The van der Waals surface area contributed by atoms with Gasteiger partial charge in [-0.15, -0.1) is 0 Å². The third-order valence-corrected chi connectivity index (χ3v) is 4.10. The van der Waals surface area contributed by atoms with Gasteiger partial charge in [0, 0.05) is 13.1 Å². The standard InChI is InChI=1S/C12H12F3NO5S/c13-12(14,15)22(19,20)21-10-2-1-9-6-16(7-11(17)18)4-3-8(9)5-10/h1-2,5H,3-4,6-7H2,(H,17,18). The van der Waals surface area contributed by atoms with E-state index in [0.717, 1.165) is 11.6 Å². The molecule has 2 rings (SSSR count). The smallest absolute Gasteiger partial charge is 0.480 e. The van der Waals surface area contributed by atoms with Gasteiger partial charge < -0.3 is 9.29 Å². The molecule has 0 saturated heterocycles. The van der Waals surface area contributed by atoms with Crippen LogP contribution in [0.15, 0.2) is 18.2 Å². The molecule has 0 unspecified atom stereocenters. The second kappa shape index (κ2) is 5.76. The number of alkyl halides is 3. The second-order valence-corrected chi connectivity index (χ2v) is 6.31. The number of carboxylic acid groups (broad SMARTS) is 1. The fourth-order valence-electron chi connectivity index (χ4n) is 2.14. The van der Waals surface area contributed by atoms with Gasteiger partial charge in [0.2, 0.25) is 0 Å². The molecule has 1 aromatic rings.